The molecule has 6 nitrogen and oxygen atoms in total. The first-order valence-electron chi connectivity index (χ1n) is 8.67. The summed E-state index contributed by atoms with van der Waals surface area (Å²) in [6, 6.07) is 3.74. The lowest BCUT2D eigenvalue weighted by Crippen LogP contribution is -2.53. The minimum atomic E-state index is -0.983. The highest BCUT2D eigenvalue weighted by Gasteiger charge is 2.30. The number of likely N-dealkylation sites (tertiary alicyclic amines) is 1. The number of halogens is 2. The van der Waals surface area contributed by atoms with E-state index >= 15 is 0 Å². The van der Waals surface area contributed by atoms with Crippen molar-refractivity contribution in [3.63, 3.8) is 0 Å². The Balaban J connectivity index is 1.84. The van der Waals surface area contributed by atoms with Crippen LogP contribution in [0.2, 0.25) is 6.82 Å². The van der Waals surface area contributed by atoms with E-state index < -0.39 is 24.9 Å². The van der Waals surface area contributed by atoms with Gasteiger partial charge in [0.2, 0.25) is 0 Å². The maximum atomic E-state index is 14.3. The number of hydrogen-bond donors (Lipinski definition) is 2. The van der Waals surface area contributed by atoms with Gasteiger partial charge in [0.05, 0.1) is 18.8 Å². The van der Waals surface area contributed by atoms with Crippen LogP contribution in [0.15, 0.2) is 29.9 Å². The first-order chi connectivity index (χ1) is 12.7. The number of benzene rings is 1. The number of alkyl halides is 1. The molecule has 0 bridgehead atoms. The molecule has 1 aliphatic rings. The van der Waals surface area contributed by atoms with Crippen LogP contribution in [0.3, 0.4) is 0 Å². The summed E-state index contributed by atoms with van der Waals surface area (Å²) in [4.78, 5) is 13.4. The largest absolute Gasteiger partial charge is 0.447 e. The normalized spacial score (nSPS) is 14.9. The Hall–Kier alpha value is -2.68. The Morgan fingerprint density at radius 2 is 2.15 bits per heavy atom. The van der Waals surface area contributed by atoms with Crippen molar-refractivity contribution in [3.05, 3.63) is 46.9 Å². The van der Waals surface area contributed by atoms with Crippen LogP contribution in [-0.4, -0.2) is 51.9 Å². The molecule has 0 spiro atoms. The highest BCUT2D eigenvalue weighted by atomic mass is 19.1. The average molecular weight is 374 g/mol. The molecule has 9 heteroatoms. The van der Waals surface area contributed by atoms with E-state index in [0.717, 1.165) is 11.0 Å². The van der Waals surface area contributed by atoms with Crippen molar-refractivity contribution in [2.24, 2.45) is 0 Å². The number of nitrogens with one attached hydrogen (secondary N) is 1. The number of allylic oxidation sites excluding steroid dienone is 1. The number of carbonyl (C=O) groups is 1. The smallest absolute Gasteiger partial charge is 0.322 e. The summed E-state index contributed by atoms with van der Waals surface area (Å²) in [5.74, 6) is -0.494. The number of rotatable bonds is 4. The fraction of sp³-hybridized carbons (Fsp3) is 0.333. The zero-order valence-corrected chi connectivity index (χ0v) is 15.4. The molecule has 1 aromatic heterocycles. The minimum absolute atomic E-state index is 0.0660. The molecule has 0 atom stereocenters. The van der Waals surface area contributed by atoms with Gasteiger partial charge < -0.3 is 15.2 Å². The lowest BCUT2D eigenvalue weighted by Gasteiger charge is -2.34. The number of hydrogen-bond acceptors (Lipinski definition) is 3. The van der Waals surface area contributed by atoms with Crippen LogP contribution in [0.4, 0.5) is 19.3 Å². The predicted molar refractivity (Wildman–Crippen MR) is 101 cm³/mol. The van der Waals surface area contributed by atoms with Crippen LogP contribution < -0.4 is 5.32 Å². The van der Waals surface area contributed by atoms with E-state index in [-0.39, 0.29) is 18.8 Å². The van der Waals surface area contributed by atoms with Crippen molar-refractivity contribution in [3.8, 4) is 5.69 Å². The van der Waals surface area contributed by atoms with Gasteiger partial charge in [-0.3, -0.25) is 0 Å². The van der Waals surface area contributed by atoms with E-state index in [9.17, 15) is 18.6 Å². The Morgan fingerprint density at radius 1 is 1.44 bits per heavy atom. The highest BCUT2D eigenvalue weighted by molar-refractivity contribution is 6.58. The van der Waals surface area contributed by atoms with Crippen LogP contribution in [0.1, 0.15) is 18.2 Å². The third-order valence-electron chi connectivity index (χ3n) is 4.55. The Kier molecular flexibility index (Phi) is 5.32. The molecule has 0 unspecified atom stereocenters. The monoisotopic (exact) mass is 374 g/mol. The van der Waals surface area contributed by atoms with Crippen molar-refractivity contribution in [1.29, 1.82) is 0 Å². The Bertz CT molecular complexity index is 891. The molecule has 2 heterocycles. The molecule has 2 N–H and O–H groups in total. The van der Waals surface area contributed by atoms with Gasteiger partial charge in [-0.1, -0.05) is 18.4 Å². The fourth-order valence-electron chi connectivity index (χ4n) is 2.66. The zero-order valence-electron chi connectivity index (χ0n) is 15.4. The molecule has 1 aromatic carbocycles. The number of aromatic nitrogens is 2. The standard InChI is InChI=1S/C18H21BF2N4O2/c1-11(19(3)27)6-13-8-25(23-12(13)2)17-7-15(4-5-16(17)21)22-18(26)24-9-14(20)10-24/h4-8,14,27H,9-10H2,1-3H3,(H,22,26)/b11-6+. The summed E-state index contributed by atoms with van der Waals surface area (Å²) in [7, 11) is 0. The van der Waals surface area contributed by atoms with Gasteiger partial charge >= 0.3 is 12.9 Å². The van der Waals surface area contributed by atoms with Crippen LogP contribution in [0.25, 0.3) is 11.8 Å². The molecule has 0 radical (unpaired) electrons. The lowest BCUT2D eigenvalue weighted by atomic mass is 9.64. The molecule has 1 saturated heterocycles. The van der Waals surface area contributed by atoms with Crippen molar-refractivity contribution in [1.82, 2.24) is 14.7 Å². The summed E-state index contributed by atoms with van der Waals surface area (Å²) in [6.07, 6.45) is 2.47. The third kappa shape index (κ3) is 4.19. The number of urea groups is 1. The first kappa shape index (κ1) is 19.1. The van der Waals surface area contributed by atoms with Gasteiger partial charge in [-0.15, -0.1) is 0 Å². The maximum Gasteiger partial charge on any atom is 0.322 e. The van der Waals surface area contributed by atoms with E-state index in [4.69, 9.17) is 0 Å². The molecule has 2 amide bonds. The second kappa shape index (κ2) is 7.52. The van der Waals surface area contributed by atoms with Gasteiger partial charge in [0, 0.05) is 17.4 Å². The van der Waals surface area contributed by atoms with Crippen molar-refractivity contribution >= 4 is 24.7 Å². The molecule has 1 fully saturated rings. The van der Waals surface area contributed by atoms with E-state index in [0.29, 0.717) is 11.4 Å². The predicted octanol–water partition coefficient (Wildman–Crippen LogP) is 3.06. The van der Waals surface area contributed by atoms with Gasteiger partial charge in [-0.2, -0.15) is 5.10 Å². The van der Waals surface area contributed by atoms with Crippen LogP contribution in [0, 0.1) is 12.7 Å². The molecular formula is C18H21BF2N4O2. The highest BCUT2D eigenvalue weighted by Crippen LogP contribution is 2.22. The van der Waals surface area contributed by atoms with Gasteiger partial charge in [0.25, 0.3) is 0 Å². The number of aryl methyl sites for hydroxylation is 1. The molecule has 0 aliphatic carbocycles. The van der Waals surface area contributed by atoms with Gasteiger partial charge in [-0.05, 0) is 32.0 Å². The molecule has 0 saturated carbocycles. The van der Waals surface area contributed by atoms with Crippen molar-refractivity contribution < 1.29 is 18.6 Å². The van der Waals surface area contributed by atoms with Crippen molar-refractivity contribution in [2.45, 2.75) is 26.8 Å². The zero-order chi connectivity index (χ0) is 19.7. The topological polar surface area (TPSA) is 70.4 Å². The molecule has 142 valence electrons. The van der Waals surface area contributed by atoms with E-state index in [1.165, 1.54) is 27.8 Å². The van der Waals surface area contributed by atoms with Crippen molar-refractivity contribution in [2.75, 3.05) is 18.4 Å². The number of nitrogens with zero attached hydrogens (tertiary/aromatic N) is 3. The summed E-state index contributed by atoms with van der Waals surface area (Å²) >= 11 is 0. The first-order valence-corrected chi connectivity index (χ1v) is 8.67. The number of carbonyl (C=O) groups excluding carboxylic acids is 1. The quantitative estimate of drug-likeness (QED) is 0.809. The number of amides is 2. The average Bonchev–Trinajstić information content (AvgIpc) is 2.94. The lowest BCUT2D eigenvalue weighted by molar-refractivity contribution is 0.0974. The Morgan fingerprint density at radius 3 is 2.78 bits per heavy atom. The maximum absolute atomic E-state index is 14.3. The summed E-state index contributed by atoms with van der Waals surface area (Å²) in [6.45, 7) is 4.80. The second-order valence-electron chi connectivity index (χ2n) is 6.78. The molecule has 2 aromatic rings. The Labute approximate surface area is 156 Å². The summed E-state index contributed by atoms with van der Waals surface area (Å²) < 4.78 is 28.6. The molecule has 3 rings (SSSR count). The minimum Gasteiger partial charge on any atom is -0.447 e. The van der Waals surface area contributed by atoms with E-state index in [2.05, 4.69) is 10.4 Å². The fourth-order valence-corrected chi connectivity index (χ4v) is 2.66. The summed E-state index contributed by atoms with van der Waals surface area (Å²) in [5.41, 5.74) is 2.77. The number of anilines is 1. The third-order valence-corrected chi connectivity index (χ3v) is 4.55. The second-order valence-corrected chi connectivity index (χ2v) is 6.78. The molecular weight excluding hydrogens is 353 g/mol. The van der Waals surface area contributed by atoms with Crippen LogP contribution in [-0.2, 0) is 0 Å². The molecule has 1 aliphatic heterocycles. The van der Waals surface area contributed by atoms with Crippen LogP contribution >= 0.6 is 0 Å². The molecule has 27 heavy (non-hydrogen) atoms. The van der Waals surface area contributed by atoms with E-state index in [1.54, 1.807) is 32.9 Å². The van der Waals surface area contributed by atoms with Crippen LogP contribution in [0.5, 0.6) is 0 Å². The van der Waals surface area contributed by atoms with Gasteiger partial charge in [0.15, 0.2) is 0 Å². The SMILES string of the molecule is CB(O)/C(C)=C/c1cn(-c2cc(NC(=O)N3CC(F)C3)ccc2F)nc1C. The van der Waals surface area contributed by atoms with E-state index in [1.807, 2.05) is 0 Å². The summed E-state index contributed by atoms with van der Waals surface area (Å²) in [5, 5.41) is 16.6. The van der Waals surface area contributed by atoms with Gasteiger partial charge in [0.1, 0.15) is 17.7 Å². The van der Waals surface area contributed by atoms with Gasteiger partial charge in [-0.25, -0.2) is 18.3 Å².